The van der Waals surface area contributed by atoms with E-state index in [4.69, 9.17) is 4.74 Å². The van der Waals surface area contributed by atoms with Crippen molar-refractivity contribution in [1.82, 2.24) is 0 Å². The Bertz CT molecular complexity index is 937. The fourth-order valence-corrected chi connectivity index (χ4v) is 2.52. The molecule has 1 amide bonds. The summed E-state index contributed by atoms with van der Waals surface area (Å²) in [4.78, 5) is 23.7. The van der Waals surface area contributed by atoms with Gasteiger partial charge < -0.3 is 15.2 Å². The fraction of sp³-hybridized carbons (Fsp3) is 0.0556. The number of hydrogen-bond donors (Lipinski definition) is 2. The van der Waals surface area contributed by atoms with Gasteiger partial charge in [0.2, 0.25) is 0 Å². The third kappa shape index (κ3) is 2.65. The molecule has 0 bridgehead atoms. The predicted molar refractivity (Wildman–Crippen MR) is 92.0 cm³/mol. The summed E-state index contributed by atoms with van der Waals surface area (Å²) in [6.45, 7) is 0. The van der Waals surface area contributed by atoms with Crippen molar-refractivity contribution < 1.29 is 14.6 Å². The Morgan fingerprint density at radius 3 is 2.58 bits per heavy atom. The van der Waals surface area contributed by atoms with E-state index in [1.54, 1.807) is 48.5 Å². The zero-order valence-corrected chi connectivity index (χ0v) is 12.8. The summed E-state index contributed by atoms with van der Waals surface area (Å²) < 4.78 is 5.18. The minimum atomic E-state index is -0.562. The van der Waals surface area contributed by atoms with Gasteiger partial charge in [-0.05, 0) is 28.8 Å². The van der Waals surface area contributed by atoms with E-state index in [0.717, 1.165) is 0 Å². The SMILES string of the molecule is COc1ccccc1NC(=O)c1cc2ccccc2c(N=O)c1O. The molecule has 3 aromatic carbocycles. The number of rotatable bonds is 4. The van der Waals surface area contributed by atoms with Gasteiger partial charge in [0, 0.05) is 5.39 Å². The number of phenolic OH excluding ortho intramolecular Hbond substituents is 1. The molecule has 3 aromatic rings. The number of amides is 1. The zero-order valence-electron chi connectivity index (χ0n) is 12.8. The number of nitrogens with one attached hydrogen (secondary N) is 1. The molecule has 0 aliphatic rings. The number of fused-ring (bicyclic) bond motifs is 1. The monoisotopic (exact) mass is 322 g/mol. The molecule has 0 aliphatic carbocycles. The topological polar surface area (TPSA) is 88.0 Å². The average Bonchev–Trinajstić information content (AvgIpc) is 2.61. The van der Waals surface area contributed by atoms with E-state index in [-0.39, 0.29) is 11.3 Å². The van der Waals surface area contributed by atoms with Crippen LogP contribution in [-0.2, 0) is 0 Å². The predicted octanol–water partition coefficient (Wildman–Crippen LogP) is 4.20. The van der Waals surface area contributed by atoms with Crippen LogP contribution in [0, 0.1) is 4.91 Å². The smallest absolute Gasteiger partial charge is 0.259 e. The first-order valence-corrected chi connectivity index (χ1v) is 7.18. The van der Waals surface area contributed by atoms with Crippen molar-refractivity contribution in [2.45, 2.75) is 0 Å². The first kappa shape index (κ1) is 15.5. The number of nitroso groups, excluding NO2 is 1. The number of anilines is 1. The third-order valence-electron chi connectivity index (χ3n) is 3.69. The summed E-state index contributed by atoms with van der Waals surface area (Å²) >= 11 is 0. The Balaban J connectivity index is 2.07. The number of hydrogen-bond acceptors (Lipinski definition) is 5. The Labute approximate surface area is 137 Å². The Kier molecular flexibility index (Phi) is 4.11. The van der Waals surface area contributed by atoms with Crippen LogP contribution in [0.25, 0.3) is 10.8 Å². The van der Waals surface area contributed by atoms with Crippen LogP contribution in [0.15, 0.2) is 59.8 Å². The molecule has 120 valence electrons. The van der Waals surface area contributed by atoms with Gasteiger partial charge in [0.15, 0.2) is 11.4 Å². The number of ether oxygens (including phenoxy) is 1. The highest BCUT2D eigenvalue weighted by Gasteiger charge is 2.19. The molecule has 6 nitrogen and oxygen atoms in total. The highest BCUT2D eigenvalue weighted by molar-refractivity contribution is 6.12. The lowest BCUT2D eigenvalue weighted by Gasteiger charge is -2.12. The minimum Gasteiger partial charge on any atom is -0.505 e. The summed E-state index contributed by atoms with van der Waals surface area (Å²) in [5.74, 6) is -0.524. The summed E-state index contributed by atoms with van der Waals surface area (Å²) in [6.07, 6.45) is 0. The maximum Gasteiger partial charge on any atom is 0.259 e. The second-order valence-electron chi connectivity index (χ2n) is 5.09. The molecule has 3 rings (SSSR count). The van der Waals surface area contributed by atoms with Gasteiger partial charge in [-0.2, -0.15) is 0 Å². The van der Waals surface area contributed by atoms with E-state index < -0.39 is 11.7 Å². The molecule has 0 radical (unpaired) electrons. The lowest BCUT2D eigenvalue weighted by molar-refractivity contribution is 0.102. The van der Waals surface area contributed by atoms with E-state index in [1.165, 1.54) is 13.2 Å². The van der Waals surface area contributed by atoms with Crippen LogP contribution in [0.2, 0.25) is 0 Å². The first-order chi connectivity index (χ1) is 11.7. The number of methoxy groups -OCH3 is 1. The number of nitrogens with zero attached hydrogens (tertiary/aromatic N) is 1. The van der Waals surface area contributed by atoms with Crippen LogP contribution in [-0.4, -0.2) is 18.1 Å². The van der Waals surface area contributed by atoms with Gasteiger partial charge in [-0.25, -0.2) is 0 Å². The van der Waals surface area contributed by atoms with Crippen LogP contribution in [0.5, 0.6) is 11.5 Å². The Morgan fingerprint density at radius 2 is 1.83 bits per heavy atom. The molecule has 2 N–H and O–H groups in total. The molecule has 6 heteroatoms. The molecular weight excluding hydrogens is 308 g/mol. The van der Waals surface area contributed by atoms with E-state index in [1.807, 2.05) is 0 Å². The van der Waals surface area contributed by atoms with Gasteiger partial charge in [0.05, 0.1) is 18.4 Å². The maximum absolute atomic E-state index is 12.5. The largest absolute Gasteiger partial charge is 0.505 e. The van der Waals surface area contributed by atoms with E-state index in [0.29, 0.717) is 22.2 Å². The molecule has 0 aromatic heterocycles. The fourth-order valence-electron chi connectivity index (χ4n) is 2.52. The molecule has 0 saturated heterocycles. The van der Waals surface area contributed by atoms with Gasteiger partial charge >= 0.3 is 0 Å². The van der Waals surface area contributed by atoms with Crippen LogP contribution in [0.3, 0.4) is 0 Å². The van der Waals surface area contributed by atoms with Crippen molar-refractivity contribution in [3.05, 3.63) is 65.1 Å². The number of aromatic hydroxyl groups is 1. The molecule has 24 heavy (non-hydrogen) atoms. The molecule has 0 saturated carbocycles. The van der Waals surface area contributed by atoms with Gasteiger partial charge in [0.25, 0.3) is 5.91 Å². The van der Waals surface area contributed by atoms with Gasteiger partial charge in [-0.15, -0.1) is 4.91 Å². The summed E-state index contributed by atoms with van der Waals surface area (Å²) in [5.41, 5.74) is 0.269. The van der Waals surface area contributed by atoms with Crippen molar-refractivity contribution in [3.8, 4) is 11.5 Å². The molecule has 0 spiro atoms. The number of carbonyl (C=O) groups excluding carboxylic acids is 1. The quantitative estimate of drug-likeness (QED) is 0.704. The van der Waals surface area contributed by atoms with Crippen LogP contribution in [0.1, 0.15) is 10.4 Å². The zero-order chi connectivity index (χ0) is 17.1. The number of carbonyl (C=O) groups is 1. The van der Waals surface area contributed by atoms with Crippen LogP contribution >= 0.6 is 0 Å². The minimum absolute atomic E-state index is 0.0331. The highest BCUT2D eigenvalue weighted by Crippen LogP contribution is 2.38. The molecule has 0 fully saturated rings. The summed E-state index contributed by atoms with van der Waals surface area (Å²) in [7, 11) is 1.49. The molecular formula is C18H14N2O4. The lowest BCUT2D eigenvalue weighted by atomic mass is 10.0. The van der Waals surface area contributed by atoms with E-state index in [2.05, 4.69) is 10.5 Å². The molecule has 0 unspecified atom stereocenters. The second kappa shape index (κ2) is 6.37. The molecule has 0 atom stereocenters. The van der Waals surface area contributed by atoms with Crippen LogP contribution in [0.4, 0.5) is 11.4 Å². The van der Waals surface area contributed by atoms with E-state index >= 15 is 0 Å². The highest BCUT2D eigenvalue weighted by atomic mass is 16.5. The van der Waals surface area contributed by atoms with Crippen molar-refractivity contribution in [1.29, 1.82) is 0 Å². The lowest BCUT2D eigenvalue weighted by Crippen LogP contribution is -2.13. The van der Waals surface area contributed by atoms with Crippen molar-refractivity contribution in [2.75, 3.05) is 12.4 Å². The normalized spacial score (nSPS) is 10.4. The van der Waals surface area contributed by atoms with Crippen molar-refractivity contribution in [3.63, 3.8) is 0 Å². The van der Waals surface area contributed by atoms with Gasteiger partial charge in [-0.3, -0.25) is 4.79 Å². The Morgan fingerprint density at radius 1 is 1.12 bits per heavy atom. The maximum atomic E-state index is 12.5. The third-order valence-corrected chi connectivity index (χ3v) is 3.69. The molecule has 0 aliphatic heterocycles. The summed E-state index contributed by atoms with van der Waals surface area (Å²) in [5, 5.41) is 16.9. The van der Waals surface area contributed by atoms with Crippen molar-refractivity contribution >= 4 is 28.1 Å². The van der Waals surface area contributed by atoms with Gasteiger partial charge in [-0.1, -0.05) is 36.4 Å². The van der Waals surface area contributed by atoms with E-state index in [9.17, 15) is 14.8 Å². The Hall–Kier alpha value is -3.41. The van der Waals surface area contributed by atoms with Gasteiger partial charge in [0.1, 0.15) is 5.75 Å². The molecule has 0 heterocycles. The first-order valence-electron chi connectivity index (χ1n) is 7.18. The second-order valence-corrected chi connectivity index (χ2v) is 5.09. The van der Waals surface area contributed by atoms with Crippen LogP contribution < -0.4 is 10.1 Å². The van der Waals surface area contributed by atoms with Crippen molar-refractivity contribution in [2.24, 2.45) is 5.18 Å². The number of para-hydroxylation sites is 2. The number of benzene rings is 3. The standard InChI is InChI=1S/C18H14N2O4/c1-24-15-9-5-4-8-14(15)19-18(22)13-10-11-6-2-3-7-12(11)16(20-23)17(13)21/h2-10,21H,1H3,(H,19,22). The average molecular weight is 322 g/mol. The summed E-state index contributed by atoms with van der Waals surface area (Å²) in [6, 6.07) is 15.3. The number of phenols is 1.